The van der Waals surface area contributed by atoms with Crippen LogP contribution in [0.3, 0.4) is 0 Å². The van der Waals surface area contributed by atoms with Gasteiger partial charge in [0.2, 0.25) is 0 Å². The lowest BCUT2D eigenvalue weighted by molar-refractivity contribution is 0.440. The van der Waals surface area contributed by atoms with Gasteiger partial charge in [-0.2, -0.15) is 0 Å². The van der Waals surface area contributed by atoms with Gasteiger partial charge in [0, 0.05) is 0 Å². The largest absolute Gasteiger partial charge is 0.507 e. The van der Waals surface area contributed by atoms with Gasteiger partial charge in [0.05, 0.1) is 0 Å². The van der Waals surface area contributed by atoms with Crippen molar-refractivity contribution < 1.29 is 5.11 Å². The molecule has 0 heterocycles. The van der Waals surface area contributed by atoms with Crippen LogP contribution >= 0.6 is 0 Å². The molecule has 3 unspecified atom stereocenters. The Kier molecular flexibility index (Phi) is 20.2. The fourth-order valence-corrected chi connectivity index (χ4v) is 5.91. The van der Waals surface area contributed by atoms with Crippen LogP contribution in [0.4, 0.5) is 0 Å². The number of aromatic hydroxyl groups is 1. The number of phenolic OH excluding ortho intramolecular Hbond substituents is 1. The Balaban J connectivity index is 2.87. The minimum atomic E-state index is 0.437. The molecular formula is C36H66O. The fraction of sp³-hybridized carbons (Fsp3) is 0.833. The lowest BCUT2D eigenvalue weighted by Gasteiger charge is -2.23. The molecule has 0 saturated carbocycles. The Hall–Kier alpha value is -0.980. The van der Waals surface area contributed by atoms with E-state index < -0.39 is 0 Å². The van der Waals surface area contributed by atoms with Crippen LogP contribution in [0.1, 0.15) is 211 Å². The third-order valence-electron chi connectivity index (χ3n) is 8.79. The molecule has 0 aliphatic rings. The van der Waals surface area contributed by atoms with E-state index in [0.717, 1.165) is 0 Å². The zero-order valence-corrected chi connectivity index (χ0v) is 26.2. The quantitative estimate of drug-likeness (QED) is 0.136. The number of benzene rings is 1. The Labute approximate surface area is 233 Å². The zero-order valence-electron chi connectivity index (χ0n) is 26.2. The molecule has 0 radical (unpaired) electrons. The number of hydrogen-bond acceptors (Lipinski definition) is 1. The molecule has 0 aromatic heterocycles. The second-order valence-electron chi connectivity index (χ2n) is 12.4. The van der Waals surface area contributed by atoms with E-state index in [1.807, 2.05) is 0 Å². The topological polar surface area (TPSA) is 20.2 Å². The predicted molar refractivity (Wildman–Crippen MR) is 167 cm³/mol. The first-order valence-corrected chi connectivity index (χ1v) is 16.8. The maximum atomic E-state index is 11.5. The van der Waals surface area contributed by atoms with Gasteiger partial charge in [0.1, 0.15) is 5.75 Å². The summed E-state index contributed by atoms with van der Waals surface area (Å²) in [5, 5.41) is 11.5. The van der Waals surface area contributed by atoms with Gasteiger partial charge in [-0.25, -0.2) is 0 Å². The molecule has 0 saturated heterocycles. The van der Waals surface area contributed by atoms with E-state index >= 15 is 0 Å². The van der Waals surface area contributed by atoms with Crippen LogP contribution < -0.4 is 0 Å². The van der Waals surface area contributed by atoms with Crippen molar-refractivity contribution in [2.45, 2.75) is 194 Å². The number of phenols is 1. The molecule has 0 aliphatic heterocycles. The fourth-order valence-electron chi connectivity index (χ4n) is 5.91. The van der Waals surface area contributed by atoms with Gasteiger partial charge in [-0.1, -0.05) is 169 Å². The molecule has 1 N–H and O–H groups in total. The van der Waals surface area contributed by atoms with E-state index in [9.17, 15) is 5.11 Å². The summed E-state index contributed by atoms with van der Waals surface area (Å²) in [4.78, 5) is 0. The average molecular weight is 515 g/mol. The molecule has 1 aromatic carbocycles. The van der Waals surface area contributed by atoms with E-state index in [4.69, 9.17) is 0 Å². The van der Waals surface area contributed by atoms with Gasteiger partial charge >= 0.3 is 0 Å². The smallest absolute Gasteiger partial charge is 0.122 e. The van der Waals surface area contributed by atoms with Crippen molar-refractivity contribution >= 4 is 0 Å². The monoisotopic (exact) mass is 515 g/mol. The maximum Gasteiger partial charge on any atom is 0.122 e. The Morgan fingerprint density at radius 1 is 0.459 bits per heavy atom. The van der Waals surface area contributed by atoms with Gasteiger partial charge in [0.15, 0.2) is 0 Å². The average Bonchev–Trinajstić information content (AvgIpc) is 2.89. The summed E-state index contributed by atoms with van der Waals surface area (Å²) in [5.74, 6) is 2.07. The molecule has 1 aromatic rings. The van der Waals surface area contributed by atoms with Crippen LogP contribution in [0.2, 0.25) is 0 Å². The van der Waals surface area contributed by atoms with Gasteiger partial charge in [-0.05, 0) is 53.7 Å². The van der Waals surface area contributed by atoms with Crippen LogP contribution in [-0.2, 0) is 0 Å². The standard InChI is InChI=1S/C36H66O/c1-7-10-13-16-19-22-25-30(4)33-28-34(31(5)26-23-20-17-14-11-8-2)36(37)35(29-33)32(6)27-24-21-18-15-12-9-3/h28-32,37H,7-27H2,1-6H3. The second kappa shape index (κ2) is 21.9. The summed E-state index contributed by atoms with van der Waals surface area (Å²) in [6.45, 7) is 14.0. The molecule has 216 valence electrons. The van der Waals surface area contributed by atoms with Crippen molar-refractivity contribution in [3.05, 3.63) is 28.8 Å². The predicted octanol–water partition coefficient (Wildman–Crippen LogP) is 13.0. The lowest BCUT2D eigenvalue weighted by Crippen LogP contribution is -2.05. The molecule has 0 aliphatic carbocycles. The molecule has 37 heavy (non-hydrogen) atoms. The molecule has 0 spiro atoms. The Bertz CT molecular complexity index is 620. The number of unbranched alkanes of at least 4 members (excludes halogenated alkanes) is 15. The molecule has 0 fully saturated rings. The normalized spacial score (nSPS) is 14.1. The molecule has 0 amide bonds. The highest BCUT2D eigenvalue weighted by molar-refractivity contribution is 5.48. The number of hydrogen-bond donors (Lipinski definition) is 1. The van der Waals surface area contributed by atoms with E-state index in [1.54, 1.807) is 0 Å². The minimum Gasteiger partial charge on any atom is -0.507 e. The SMILES string of the molecule is CCCCCCCCC(C)c1cc(C(C)CCCCCCCC)c(O)c(C(C)CCCCCCCC)c1. The molecule has 1 rings (SSSR count). The summed E-state index contributed by atoms with van der Waals surface area (Å²) in [7, 11) is 0. The van der Waals surface area contributed by atoms with Crippen molar-refractivity contribution in [2.75, 3.05) is 0 Å². The van der Waals surface area contributed by atoms with Crippen LogP contribution in [0.5, 0.6) is 5.75 Å². The third kappa shape index (κ3) is 14.7. The molecule has 1 heteroatoms. The molecular weight excluding hydrogens is 448 g/mol. The van der Waals surface area contributed by atoms with E-state index in [-0.39, 0.29) is 0 Å². The second-order valence-corrected chi connectivity index (χ2v) is 12.4. The Morgan fingerprint density at radius 2 is 0.757 bits per heavy atom. The summed E-state index contributed by atoms with van der Waals surface area (Å²) in [5.41, 5.74) is 3.93. The van der Waals surface area contributed by atoms with Gasteiger partial charge in [-0.15, -0.1) is 0 Å². The summed E-state index contributed by atoms with van der Waals surface area (Å²) < 4.78 is 0. The highest BCUT2D eigenvalue weighted by Gasteiger charge is 2.21. The van der Waals surface area contributed by atoms with Crippen LogP contribution in [0.25, 0.3) is 0 Å². The lowest BCUT2D eigenvalue weighted by atomic mass is 9.83. The van der Waals surface area contributed by atoms with Crippen LogP contribution in [0, 0.1) is 0 Å². The maximum absolute atomic E-state index is 11.5. The molecule has 3 atom stereocenters. The summed E-state index contributed by atoms with van der Waals surface area (Å²) in [6, 6.07) is 4.78. The molecule has 0 bridgehead atoms. The van der Waals surface area contributed by atoms with Crippen LogP contribution in [-0.4, -0.2) is 5.11 Å². The van der Waals surface area contributed by atoms with E-state index in [0.29, 0.717) is 23.5 Å². The highest BCUT2D eigenvalue weighted by Crippen LogP contribution is 2.40. The van der Waals surface area contributed by atoms with Crippen molar-refractivity contribution in [2.24, 2.45) is 0 Å². The van der Waals surface area contributed by atoms with E-state index in [1.165, 1.54) is 152 Å². The van der Waals surface area contributed by atoms with Crippen LogP contribution in [0.15, 0.2) is 12.1 Å². The number of rotatable bonds is 24. The minimum absolute atomic E-state index is 0.437. The first-order valence-electron chi connectivity index (χ1n) is 16.8. The van der Waals surface area contributed by atoms with Gasteiger partial charge in [0.25, 0.3) is 0 Å². The van der Waals surface area contributed by atoms with Crippen molar-refractivity contribution in [3.8, 4) is 5.75 Å². The van der Waals surface area contributed by atoms with Crippen molar-refractivity contribution in [1.29, 1.82) is 0 Å². The first kappa shape index (κ1) is 34.0. The van der Waals surface area contributed by atoms with Gasteiger partial charge < -0.3 is 5.11 Å². The Morgan fingerprint density at radius 3 is 1.11 bits per heavy atom. The van der Waals surface area contributed by atoms with Gasteiger partial charge in [-0.3, -0.25) is 0 Å². The van der Waals surface area contributed by atoms with Crippen molar-refractivity contribution in [1.82, 2.24) is 0 Å². The molecule has 1 nitrogen and oxygen atoms in total. The van der Waals surface area contributed by atoms with E-state index in [2.05, 4.69) is 53.7 Å². The third-order valence-corrected chi connectivity index (χ3v) is 8.79. The first-order chi connectivity index (χ1) is 18.0. The van der Waals surface area contributed by atoms with Crippen molar-refractivity contribution in [3.63, 3.8) is 0 Å². The zero-order chi connectivity index (χ0) is 27.3. The summed E-state index contributed by atoms with van der Waals surface area (Å²) >= 11 is 0. The highest BCUT2D eigenvalue weighted by atomic mass is 16.3. The summed E-state index contributed by atoms with van der Waals surface area (Å²) in [6.07, 6.45) is 27.9.